The molecule has 2 aromatic carbocycles. The second-order valence-electron chi connectivity index (χ2n) is 8.40. The molecule has 0 spiro atoms. The highest BCUT2D eigenvalue weighted by atomic mass is 35.5. The van der Waals surface area contributed by atoms with Crippen LogP contribution in [0.4, 0.5) is 4.39 Å². The highest BCUT2D eigenvalue weighted by Gasteiger charge is 2.46. The number of likely N-dealkylation sites (N-methyl/N-ethyl adjacent to an activating group) is 1. The van der Waals surface area contributed by atoms with Gasteiger partial charge in [-0.1, -0.05) is 45.0 Å². The number of carbonyl (C=O) groups excluding carboxylic acids is 2. The summed E-state index contributed by atoms with van der Waals surface area (Å²) in [5.41, 5.74) is 1.24. The van der Waals surface area contributed by atoms with Crippen molar-refractivity contribution in [3.8, 4) is 5.75 Å². The molecule has 1 N–H and O–H groups in total. The molecule has 1 saturated heterocycles. The van der Waals surface area contributed by atoms with Crippen LogP contribution in [0, 0.1) is 12.7 Å². The van der Waals surface area contributed by atoms with Crippen molar-refractivity contribution in [2.24, 2.45) is 0 Å². The summed E-state index contributed by atoms with van der Waals surface area (Å²) in [6.45, 7) is 10.8. The van der Waals surface area contributed by atoms with Crippen LogP contribution in [0.2, 0.25) is 0 Å². The van der Waals surface area contributed by atoms with Crippen LogP contribution in [0.15, 0.2) is 48.0 Å². The van der Waals surface area contributed by atoms with Crippen molar-refractivity contribution in [3.63, 3.8) is 0 Å². The van der Waals surface area contributed by atoms with E-state index in [4.69, 9.17) is 4.74 Å². The smallest absolute Gasteiger partial charge is 0.295 e. The summed E-state index contributed by atoms with van der Waals surface area (Å²) >= 11 is 0. The lowest BCUT2D eigenvalue weighted by Crippen LogP contribution is -2.38. The molecule has 190 valence electrons. The number of hydrogen-bond acceptors (Lipinski definition) is 5. The number of hydrogen-bond donors (Lipinski definition) is 1. The predicted octanol–water partition coefficient (Wildman–Crippen LogP) is 5.11. The highest BCUT2D eigenvalue weighted by Crippen LogP contribution is 2.39. The van der Waals surface area contributed by atoms with E-state index in [1.165, 1.54) is 17.0 Å². The number of aliphatic hydroxyl groups is 1. The van der Waals surface area contributed by atoms with Gasteiger partial charge in [-0.05, 0) is 55.8 Å². The minimum absolute atomic E-state index is 0. The number of ether oxygens (including phenoxy) is 1. The molecule has 3 rings (SSSR count). The summed E-state index contributed by atoms with van der Waals surface area (Å²) in [6, 6.07) is 10.7. The van der Waals surface area contributed by atoms with Crippen LogP contribution in [0.5, 0.6) is 5.75 Å². The standard InChI is InChI=1S/C27H33FN2O4.ClH/c1-5-16-34-21-12-10-19(11-13-21)24-23(25(31)20-9-8-18(4)22(28)17-20)26(32)27(33)30(24)15-14-29(6-2)7-3;/h8-13,17,24,31H,5-7,14-16H2,1-4H3;1H. The van der Waals surface area contributed by atoms with Crippen LogP contribution >= 0.6 is 12.4 Å². The number of rotatable bonds is 10. The first-order valence-electron chi connectivity index (χ1n) is 11.8. The summed E-state index contributed by atoms with van der Waals surface area (Å²) in [7, 11) is 0. The Bertz CT molecular complexity index is 1070. The monoisotopic (exact) mass is 504 g/mol. The van der Waals surface area contributed by atoms with Crippen molar-refractivity contribution < 1.29 is 23.8 Å². The molecule has 1 atom stereocenters. The van der Waals surface area contributed by atoms with Gasteiger partial charge in [-0.2, -0.15) is 0 Å². The van der Waals surface area contributed by atoms with Crippen LogP contribution in [0.25, 0.3) is 5.76 Å². The van der Waals surface area contributed by atoms with E-state index in [2.05, 4.69) is 4.90 Å². The number of ketones is 1. The lowest BCUT2D eigenvalue weighted by Gasteiger charge is -2.28. The average molecular weight is 505 g/mol. The zero-order chi connectivity index (χ0) is 24.8. The van der Waals surface area contributed by atoms with Crippen LogP contribution < -0.4 is 4.74 Å². The quantitative estimate of drug-likeness (QED) is 0.276. The largest absolute Gasteiger partial charge is 0.507 e. The second-order valence-corrected chi connectivity index (χ2v) is 8.40. The summed E-state index contributed by atoms with van der Waals surface area (Å²) < 4.78 is 19.9. The van der Waals surface area contributed by atoms with Gasteiger partial charge >= 0.3 is 0 Å². The lowest BCUT2D eigenvalue weighted by molar-refractivity contribution is -0.140. The number of amides is 1. The van der Waals surface area contributed by atoms with Crippen molar-refractivity contribution >= 4 is 29.9 Å². The first-order valence-corrected chi connectivity index (χ1v) is 11.8. The minimum atomic E-state index is -0.778. The number of nitrogens with zero attached hydrogens (tertiary/aromatic N) is 2. The zero-order valence-corrected chi connectivity index (χ0v) is 21.5. The SMILES string of the molecule is CCCOc1ccc(C2C(=C(O)c3ccc(C)c(F)c3)C(=O)C(=O)N2CCN(CC)CC)cc1.Cl. The molecule has 1 fully saturated rings. The van der Waals surface area contributed by atoms with E-state index in [0.717, 1.165) is 19.5 Å². The summed E-state index contributed by atoms with van der Waals surface area (Å²) in [6.07, 6.45) is 0.875. The van der Waals surface area contributed by atoms with Crippen LogP contribution in [-0.4, -0.2) is 59.4 Å². The number of Topliss-reactive ketones (excluding diaryl/α,β-unsaturated/α-hetero) is 1. The normalized spacial score (nSPS) is 17.1. The third kappa shape index (κ3) is 6.21. The van der Waals surface area contributed by atoms with E-state index in [1.807, 2.05) is 20.8 Å². The topological polar surface area (TPSA) is 70.1 Å². The first-order chi connectivity index (χ1) is 16.3. The lowest BCUT2D eigenvalue weighted by atomic mass is 9.95. The fourth-order valence-electron chi connectivity index (χ4n) is 4.11. The first kappa shape index (κ1) is 28.3. The Morgan fingerprint density at radius 1 is 1.09 bits per heavy atom. The van der Waals surface area contributed by atoms with Gasteiger partial charge in [0, 0.05) is 18.7 Å². The molecule has 35 heavy (non-hydrogen) atoms. The maximum atomic E-state index is 14.2. The Labute approximate surface area is 212 Å². The molecule has 1 aliphatic rings. The van der Waals surface area contributed by atoms with E-state index in [1.54, 1.807) is 37.3 Å². The van der Waals surface area contributed by atoms with E-state index < -0.39 is 23.5 Å². The van der Waals surface area contributed by atoms with Gasteiger partial charge in [0.15, 0.2) is 0 Å². The number of likely N-dealkylation sites (tertiary alicyclic amines) is 1. The minimum Gasteiger partial charge on any atom is -0.507 e. The van der Waals surface area contributed by atoms with Gasteiger partial charge < -0.3 is 19.6 Å². The summed E-state index contributed by atoms with van der Waals surface area (Å²) in [5.74, 6) is -1.62. The Hall–Kier alpha value is -2.90. The van der Waals surface area contributed by atoms with Gasteiger partial charge in [0.25, 0.3) is 11.7 Å². The Morgan fingerprint density at radius 3 is 2.31 bits per heavy atom. The predicted molar refractivity (Wildman–Crippen MR) is 137 cm³/mol. The zero-order valence-electron chi connectivity index (χ0n) is 20.7. The molecule has 0 radical (unpaired) electrons. The van der Waals surface area contributed by atoms with E-state index in [-0.39, 0.29) is 29.3 Å². The van der Waals surface area contributed by atoms with E-state index in [9.17, 15) is 19.1 Å². The molecule has 1 unspecified atom stereocenters. The van der Waals surface area contributed by atoms with Gasteiger partial charge in [0.05, 0.1) is 18.2 Å². The maximum absolute atomic E-state index is 14.2. The molecule has 1 amide bonds. The maximum Gasteiger partial charge on any atom is 0.295 e. The molecule has 6 nitrogen and oxygen atoms in total. The third-order valence-corrected chi connectivity index (χ3v) is 6.21. The number of halogens is 2. The molecular weight excluding hydrogens is 471 g/mol. The fraction of sp³-hybridized carbons (Fsp3) is 0.407. The number of carbonyl (C=O) groups is 2. The van der Waals surface area contributed by atoms with E-state index in [0.29, 0.717) is 36.6 Å². The number of benzene rings is 2. The van der Waals surface area contributed by atoms with Gasteiger partial charge in [-0.15, -0.1) is 12.4 Å². The Balaban J connectivity index is 0.00000432. The molecule has 0 aromatic heterocycles. The molecule has 8 heteroatoms. The van der Waals surface area contributed by atoms with Crippen molar-refractivity contribution in [1.29, 1.82) is 0 Å². The Morgan fingerprint density at radius 2 is 1.74 bits per heavy atom. The molecule has 2 aromatic rings. The van der Waals surface area contributed by atoms with Crippen molar-refractivity contribution in [2.45, 2.75) is 40.2 Å². The Kier molecular flexibility index (Phi) is 10.3. The van der Waals surface area contributed by atoms with E-state index >= 15 is 0 Å². The van der Waals surface area contributed by atoms with Crippen LogP contribution in [0.3, 0.4) is 0 Å². The van der Waals surface area contributed by atoms with Crippen molar-refractivity contribution in [1.82, 2.24) is 9.80 Å². The number of aliphatic hydroxyl groups excluding tert-OH is 1. The fourth-order valence-corrected chi connectivity index (χ4v) is 4.11. The number of aryl methyl sites for hydroxylation is 1. The van der Waals surface area contributed by atoms with Gasteiger partial charge in [-0.25, -0.2) is 4.39 Å². The average Bonchev–Trinajstić information content (AvgIpc) is 3.10. The second kappa shape index (κ2) is 12.7. The van der Waals surface area contributed by atoms with Crippen LogP contribution in [0.1, 0.15) is 49.9 Å². The molecule has 1 aliphatic heterocycles. The molecule has 0 aliphatic carbocycles. The van der Waals surface area contributed by atoms with Crippen molar-refractivity contribution in [2.75, 3.05) is 32.8 Å². The molecule has 1 heterocycles. The molecular formula is C27H34ClFN2O4. The summed E-state index contributed by atoms with van der Waals surface area (Å²) in [5, 5.41) is 11.1. The third-order valence-electron chi connectivity index (χ3n) is 6.21. The summed E-state index contributed by atoms with van der Waals surface area (Å²) in [4.78, 5) is 29.8. The van der Waals surface area contributed by atoms with Crippen LogP contribution in [-0.2, 0) is 9.59 Å². The molecule has 0 bridgehead atoms. The highest BCUT2D eigenvalue weighted by molar-refractivity contribution is 6.46. The van der Waals surface area contributed by atoms with Gasteiger partial charge in [-0.3, -0.25) is 9.59 Å². The van der Waals surface area contributed by atoms with Crippen molar-refractivity contribution in [3.05, 3.63) is 70.5 Å². The van der Waals surface area contributed by atoms with Gasteiger partial charge in [0.1, 0.15) is 17.3 Å². The van der Waals surface area contributed by atoms with Gasteiger partial charge in [0.2, 0.25) is 0 Å². The molecule has 0 saturated carbocycles.